The maximum Gasteiger partial charge on any atom is 0.254 e. The van der Waals surface area contributed by atoms with Crippen molar-refractivity contribution in [3.05, 3.63) is 34.9 Å². The third-order valence-electron chi connectivity index (χ3n) is 2.68. The molecule has 0 fully saturated rings. The summed E-state index contributed by atoms with van der Waals surface area (Å²) in [4.78, 5) is 11.9. The molecule has 1 N–H and O–H groups in total. The lowest BCUT2D eigenvalue weighted by molar-refractivity contribution is 0.0926. The molecule has 6 heteroatoms. The second-order valence-electron chi connectivity index (χ2n) is 4.19. The van der Waals surface area contributed by atoms with Gasteiger partial charge < -0.3 is 10.1 Å². The average Bonchev–Trinajstić information content (AvgIpc) is 2.38. The summed E-state index contributed by atoms with van der Waals surface area (Å²) in [5, 5.41) is 3.21. The van der Waals surface area contributed by atoms with Crippen LogP contribution < -0.4 is 5.32 Å². The van der Waals surface area contributed by atoms with Gasteiger partial charge in [0.2, 0.25) is 0 Å². The molecule has 3 nitrogen and oxygen atoms in total. The topological polar surface area (TPSA) is 38.3 Å². The molecule has 0 radical (unpaired) electrons. The fraction of sp³-hybridized carbons (Fsp3) is 0.462. The molecular weight excluding hydrogens is 320 g/mol. The van der Waals surface area contributed by atoms with Gasteiger partial charge in [0.1, 0.15) is 11.6 Å². The van der Waals surface area contributed by atoms with Gasteiger partial charge in [0.15, 0.2) is 0 Å². The SMILES string of the molecule is COCCC(CBr)NC(=O)c1cc(C)c(F)cc1F. The number of halogens is 3. The minimum Gasteiger partial charge on any atom is -0.385 e. The summed E-state index contributed by atoms with van der Waals surface area (Å²) in [6.45, 7) is 1.97. The van der Waals surface area contributed by atoms with Crippen molar-refractivity contribution in [1.29, 1.82) is 0 Å². The number of alkyl halides is 1. The van der Waals surface area contributed by atoms with Crippen LogP contribution in [0, 0.1) is 18.6 Å². The largest absolute Gasteiger partial charge is 0.385 e. The van der Waals surface area contributed by atoms with Gasteiger partial charge in [0, 0.05) is 31.2 Å². The van der Waals surface area contributed by atoms with Crippen LogP contribution in [0.1, 0.15) is 22.3 Å². The molecule has 0 aliphatic rings. The zero-order chi connectivity index (χ0) is 14.4. The number of aryl methyl sites for hydroxylation is 1. The predicted molar refractivity (Wildman–Crippen MR) is 72.6 cm³/mol. The van der Waals surface area contributed by atoms with E-state index in [1.165, 1.54) is 13.0 Å². The lowest BCUT2D eigenvalue weighted by Gasteiger charge is -2.16. The number of hydrogen-bond donors (Lipinski definition) is 1. The van der Waals surface area contributed by atoms with Crippen LogP contribution in [0.2, 0.25) is 0 Å². The second-order valence-corrected chi connectivity index (χ2v) is 4.83. The van der Waals surface area contributed by atoms with Crippen molar-refractivity contribution in [3.8, 4) is 0 Å². The van der Waals surface area contributed by atoms with E-state index in [9.17, 15) is 13.6 Å². The van der Waals surface area contributed by atoms with Crippen molar-refractivity contribution in [2.45, 2.75) is 19.4 Å². The smallest absolute Gasteiger partial charge is 0.254 e. The van der Waals surface area contributed by atoms with Crippen molar-refractivity contribution >= 4 is 21.8 Å². The Morgan fingerprint density at radius 2 is 2.11 bits per heavy atom. The summed E-state index contributed by atoms with van der Waals surface area (Å²) >= 11 is 3.27. The molecule has 1 aromatic rings. The van der Waals surface area contributed by atoms with Crippen molar-refractivity contribution in [3.63, 3.8) is 0 Å². The summed E-state index contributed by atoms with van der Waals surface area (Å²) < 4.78 is 31.6. The van der Waals surface area contributed by atoms with E-state index >= 15 is 0 Å². The molecule has 1 unspecified atom stereocenters. The zero-order valence-electron chi connectivity index (χ0n) is 10.8. The van der Waals surface area contributed by atoms with Crippen molar-refractivity contribution in [2.75, 3.05) is 19.0 Å². The molecule has 19 heavy (non-hydrogen) atoms. The first-order valence-corrected chi connectivity index (χ1v) is 6.93. The van der Waals surface area contributed by atoms with E-state index in [2.05, 4.69) is 21.2 Å². The van der Waals surface area contributed by atoms with Crippen LogP contribution in [0.25, 0.3) is 0 Å². The monoisotopic (exact) mass is 335 g/mol. The van der Waals surface area contributed by atoms with E-state index in [0.29, 0.717) is 18.4 Å². The normalized spacial score (nSPS) is 12.3. The summed E-state index contributed by atoms with van der Waals surface area (Å²) in [5.41, 5.74) is 0.0844. The Morgan fingerprint density at radius 1 is 1.42 bits per heavy atom. The summed E-state index contributed by atoms with van der Waals surface area (Å²) in [5.74, 6) is -2.08. The van der Waals surface area contributed by atoms with E-state index in [-0.39, 0.29) is 17.2 Å². The van der Waals surface area contributed by atoms with Gasteiger partial charge in [-0.05, 0) is 25.0 Å². The third kappa shape index (κ3) is 4.54. The van der Waals surface area contributed by atoms with Crippen molar-refractivity contribution in [2.24, 2.45) is 0 Å². The fourth-order valence-corrected chi connectivity index (χ4v) is 2.03. The quantitative estimate of drug-likeness (QED) is 0.812. The van der Waals surface area contributed by atoms with E-state index in [1.54, 1.807) is 7.11 Å². The first kappa shape index (κ1) is 16.0. The van der Waals surface area contributed by atoms with E-state index < -0.39 is 17.5 Å². The molecule has 0 bridgehead atoms. The Labute approximate surface area is 119 Å². The Hall–Kier alpha value is -1.01. The van der Waals surface area contributed by atoms with Crippen LogP contribution in [-0.2, 0) is 4.74 Å². The molecule has 0 saturated carbocycles. The second kappa shape index (κ2) is 7.55. The maximum absolute atomic E-state index is 13.6. The number of benzene rings is 1. The number of nitrogens with one attached hydrogen (secondary N) is 1. The molecule has 0 aromatic heterocycles. The maximum atomic E-state index is 13.6. The first-order valence-electron chi connectivity index (χ1n) is 5.81. The van der Waals surface area contributed by atoms with E-state index in [0.717, 1.165) is 6.07 Å². The number of hydrogen-bond acceptors (Lipinski definition) is 2. The van der Waals surface area contributed by atoms with Gasteiger partial charge in [-0.1, -0.05) is 15.9 Å². The van der Waals surface area contributed by atoms with E-state index in [1.807, 2.05) is 0 Å². The summed E-state index contributed by atoms with van der Waals surface area (Å²) in [7, 11) is 1.57. The summed E-state index contributed by atoms with van der Waals surface area (Å²) in [6, 6.07) is 1.77. The molecule has 1 aromatic carbocycles. The lowest BCUT2D eigenvalue weighted by atomic mass is 10.1. The van der Waals surface area contributed by atoms with Crippen LogP contribution in [-0.4, -0.2) is 31.0 Å². The average molecular weight is 336 g/mol. The first-order chi connectivity index (χ1) is 8.99. The lowest BCUT2D eigenvalue weighted by Crippen LogP contribution is -2.37. The van der Waals surface area contributed by atoms with Gasteiger partial charge in [0.25, 0.3) is 5.91 Å². The van der Waals surface area contributed by atoms with Crippen LogP contribution in [0.5, 0.6) is 0 Å². The Morgan fingerprint density at radius 3 is 2.68 bits per heavy atom. The van der Waals surface area contributed by atoms with Crippen LogP contribution in [0.3, 0.4) is 0 Å². The summed E-state index contributed by atoms with van der Waals surface area (Å²) in [6.07, 6.45) is 0.606. The van der Waals surface area contributed by atoms with Crippen LogP contribution in [0.4, 0.5) is 8.78 Å². The van der Waals surface area contributed by atoms with Gasteiger partial charge >= 0.3 is 0 Å². The molecule has 1 rings (SSSR count). The van der Waals surface area contributed by atoms with Crippen molar-refractivity contribution < 1.29 is 18.3 Å². The van der Waals surface area contributed by atoms with Gasteiger partial charge in [-0.25, -0.2) is 8.78 Å². The van der Waals surface area contributed by atoms with Crippen molar-refractivity contribution in [1.82, 2.24) is 5.32 Å². The zero-order valence-corrected chi connectivity index (χ0v) is 12.4. The predicted octanol–water partition coefficient (Wildman–Crippen LogP) is 2.80. The third-order valence-corrected chi connectivity index (χ3v) is 3.47. The highest BCUT2D eigenvalue weighted by atomic mass is 79.9. The highest BCUT2D eigenvalue weighted by Crippen LogP contribution is 2.14. The fourth-order valence-electron chi connectivity index (χ4n) is 1.54. The van der Waals surface area contributed by atoms with Crippen LogP contribution in [0.15, 0.2) is 12.1 Å². The Bertz CT molecular complexity index is 455. The molecule has 0 aliphatic heterocycles. The molecule has 0 spiro atoms. The molecule has 1 atom stereocenters. The highest BCUT2D eigenvalue weighted by Gasteiger charge is 2.17. The Balaban J connectivity index is 2.79. The van der Waals surface area contributed by atoms with Crippen LogP contribution >= 0.6 is 15.9 Å². The molecule has 0 aliphatic carbocycles. The molecule has 0 heterocycles. The van der Waals surface area contributed by atoms with Gasteiger partial charge in [0.05, 0.1) is 5.56 Å². The number of amides is 1. The number of methoxy groups -OCH3 is 1. The van der Waals surface area contributed by atoms with Gasteiger partial charge in [-0.3, -0.25) is 4.79 Å². The molecular formula is C13H16BrF2NO2. The van der Waals surface area contributed by atoms with Gasteiger partial charge in [-0.15, -0.1) is 0 Å². The number of carbonyl (C=O) groups is 1. The molecule has 1 amide bonds. The van der Waals surface area contributed by atoms with Gasteiger partial charge in [-0.2, -0.15) is 0 Å². The minimum atomic E-state index is -0.860. The molecule has 0 saturated heterocycles. The minimum absolute atomic E-state index is 0.151. The highest BCUT2D eigenvalue weighted by molar-refractivity contribution is 9.09. The standard InChI is InChI=1S/C13H16BrF2NO2/c1-8-5-10(12(16)6-11(8)15)13(18)17-9(7-14)3-4-19-2/h5-6,9H,3-4,7H2,1-2H3,(H,17,18). The van der Waals surface area contributed by atoms with E-state index in [4.69, 9.17) is 4.74 Å². The number of carbonyl (C=O) groups excluding carboxylic acids is 1. The number of ether oxygens (including phenoxy) is 1. The molecule has 106 valence electrons. The number of rotatable bonds is 6. The Kier molecular flexibility index (Phi) is 6.37.